The molecule has 0 unspecified atom stereocenters. The molecule has 2 fully saturated rings. The highest BCUT2D eigenvalue weighted by molar-refractivity contribution is 5.99. The molecule has 6 aromatic rings. The van der Waals surface area contributed by atoms with Crippen LogP contribution in [0.25, 0.3) is 55.8 Å². The van der Waals surface area contributed by atoms with Gasteiger partial charge in [-0.25, -0.2) is 14.4 Å². The number of pyridine rings is 3. The van der Waals surface area contributed by atoms with Crippen molar-refractivity contribution >= 4 is 22.1 Å². The molecule has 45 heavy (non-hydrogen) atoms. The van der Waals surface area contributed by atoms with Crippen LogP contribution in [0.1, 0.15) is 31.2 Å². The highest BCUT2D eigenvalue weighted by Crippen LogP contribution is 2.35. The number of aromatic nitrogens is 6. The lowest BCUT2D eigenvalue weighted by atomic mass is 10.0. The minimum absolute atomic E-state index is 0.335. The molecule has 228 valence electrons. The highest BCUT2D eigenvalue weighted by atomic mass is 19.1. The van der Waals surface area contributed by atoms with E-state index in [4.69, 9.17) is 9.72 Å². The lowest BCUT2D eigenvalue weighted by Crippen LogP contribution is -2.25. The van der Waals surface area contributed by atoms with Crippen molar-refractivity contribution in [2.45, 2.75) is 32.2 Å². The fourth-order valence-electron chi connectivity index (χ4n) is 6.67. The van der Waals surface area contributed by atoms with Crippen molar-refractivity contribution in [1.29, 1.82) is 0 Å². The maximum atomic E-state index is 14.8. The second-order valence-electron chi connectivity index (χ2n) is 12.1. The molecular weight excluding hydrogens is 567 g/mol. The fourth-order valence-corrected chi connectivity index (χ4v) is 6.67. The minimum atomic E-state index is -0.335. The number of ether oxygens (including phenoxy) is 1. The van der Waals surface area contributed by atoms with E-state index in [1.807, 2.05) is 42.7 Å². The Bertz CT molecular complexity index is 1970. The molecule has 0 spiro atoms. The molecule has 0 radical (unpaired) electrons. The van der Waals surface area contributed by atoms with Crippen LogP contribution in [0.4, 0.5) is 4.39 Å². The maximum absolute atomic E-state index is 14.8. The van der Waals surface area contributed by atoms with Gasteiger partial charge >= 0.3 is 0 Å². The lowest BCUT2D eigenvalue weighted by molar-refractivity contribution is 0.237. The zero-order chi connectivity index (χ0) is 30.2. The molecule has 0 saturated carbocycles. The first-order chi connectivity index (χ1) is 22.2. The van der Waals surface area contributed by atoms with E-state index in [1.165, 1.54) is 37.3 Å². The molecule has 8 rings (SSSR count). The van der Waals surface area contributed by atoms with E-state index in [0.717, 1.165) is 83.8 Å². The molecule has 5 aromatic heterocycles. The van der Waals surface area contributed by atoms with Crippen LogP contribution in [-0.4, -0.2) is 79.3 Å². The van der Waals surface area contributed by atoms with Crippen molar-refractivity contribution in [2.24, 2.45) is 0 Å². The number of fused-ring (bicyclic) bond motifs is 2. The summed E-state index contributed by atoms with van der Waals surface area (Å²) in [6, 6.07) is 15.0. The van der Waals surface area contributed by atoms with Crippen LogP contribution in [0, 0.1) is 5.82 Å². The molecular formula is C35H35FN8O. The number of rotatable bonds is 9. The Morgan fingerprint density at radius 3 is 2.58 bits per heavy atom. The predicted molar refractivity (Wildman–Crippen MR) is 173 cm³/mol. The molecule has 9 nitrogen and oxygen atoms in total. The average molecular weight is 603 g/mol. The van der Waals surface area contributed by atoms with Gasteiger partial charge in [-0.15, -0.1) is 0 Å². The number of nitrogens with zero attached hydrogens (tertiary/aromatic N) is 6. The number of hydrogen-bond acceptors (Lipinski definition) is 7. The van der Waals surface area contributed by atoms with Gasteiger partial charge in [0.25, 0.3) is 0 Å². The van der Waals surface area contributed by atoms with Crippen LogP contribution in [-0.2, 0) is 6.54 Å². The lowest BCUT2D eigenvalue weighted by Gasteiger charge is -2.15. The highest BCUT2D eigenvalue weighted by Gasteiger charge is 2.18. The van der Waals surface area contributed by atoms with Crippen molar-refractivity contribution in [1.82, 2.24) is 39.9 Å². The van der Waals surface area contributed by atoms with E-state index >= 15 is 0 Å². The first-order valence-electron chi connectivity index (χ1n) is 15.8. The molecule has 0 aliphatic carbocycles. The summed E-state index contributed by atoms with van der Waals surface area (Å²) in [5.41, 5.74) is 8.36. The Morgan fingerprint density at radius 2 is 1.71 bits per heavy atom. The number of hydrogen-bond donors (Lipinski definition) is 2. The van der Waals surface area contributed by atoms with Crippen LogP contribution in [0.5, 0.6) is 5.75 Å². The molecule has 2 N–H and O–H groups in total. The Hall–Kier alpha value is -4.67. The topological polar surface area (TPSA) is 98.8 Å². The third-order valence-corrected chi connectivity index (χ3v) is 8.95. The van der Waals surface area contributed by atoms with Crippen molar-refractivity contribution in [3.05, 3.63) is 78.5 Å². The van der Waals surface area contributed by atoms with E-state index in [2.05, 4.69) is 41.0 Å². The first-order valence-corrected chi connectivity index (χ1v) is 15.8. The number of nitrogens with one attached hydrogen (secondary N) is 2. The monoisotopic (exact) mass is 602 g/mol. The second-order valence-corrected chi connectivity index (χ2v) is 12.1. The maximum Gasteiger partial charge on any atom is 0.138 e. The summed E-state index contributed by atoms with van der Waals surface area (Å²) in [4.78, 5) is 22.4. The van der Waals surface area contributed by atoms with Crippen molar-refractivity contribution in [3.63, 3.8) is 0 Å². The van der Waals surface area contributed by atoms with E-state index in [1.54, 1.807) is 12.3 Å². The summed E-state index contributed by atoms with van der Waals surface area (Å²) in [5, 5.41) is 8.62. The van der Waals surface area contributed by atoms with Gasteiger partial charge in [-0.3, -0.25) is 19.9 Å². The first kappa shape index (κ1) is 27.8. The van der Waals surface area contributed by atoms with Gasteiger partial charge in [0, 0.05) is 48.7 Å². The van der Waals surface area contributed by atoms with E-state index in [-0.39, 0.29) is 5.82 Å². The van der Waals surface area contributed by atoms with E-state index in [9.17, 15) is 4.39 Å². The minimum Gasteiger partial charge on any atom is -0.492 e. The number of aromatic amines is 2. The second kappa shape index (κ2) is 12.0. The molecule has 0 bridgehead atoms. The van der Waals surface area contributed by atoms with Gasteiger partial charge in [-0.2, -0.15) is 5.10 Å². The molecule has 10 heteroatoms. The Labute approximate surface area is 260 Å². The summed E-state index contributed by atoms with van der Waals surface area (Å²) in [6.07, 6.45) is 10.5. The van der Waals surface area contributed by atoms with Crippen molar-refractivity contribution < 1.29 is 9.13 Å². The number of likely N-dealkylation sites (tertiary alicyclic amines) is 2. The van der Waals surface area contributed by atoms with Gasteiger partial charge in [0.05, 0.1) is 16.9 Å². The Morgan fingerprint density at radius 1 is 0.867 bits per heavy atom. The van der Waals surface area contributed by atoms with Crippen molar-refractivity contribution in [3.8, 4) is 39.5 Å². The molecule has 2 aliphatic rings. The molecule has 7 heterocycles. The van der Waals surface area contributed by atoms with Crippen molar-refractivity contribution in [2.75, 3.05) is 39.3 Å². The van der Waals surface area contributed by atoms with Gasteiger partial charge in [0.1, 0.15) is 35.0 Å². The third-order valence-electron chi connectivity index (χ3n) is 8.95. The summed E-state index contributed by atoms with van der Waals surface area (Å²) in [5.74, 6) is 0.192. The Balaban J connectivity index is 1.09. The average Bonchev–Trinajstić information content (AvgIpc) is 3.88. The molecule has 0 amide bonds. The van der Waals surface area contributed by atoms with Crippen LogP contribution < -0.4 is 4.74 Å². The fraction of sp³-hybridized carbons (Fsp3) is 0.314. The quantitative estimate of drug-likeness (QED) is 0.197. The van der Waals surface area contributed by atoms with Gasteiger partial charge < -0.3 is 9.72 Å². The third kappa shape index (κ3) is 5.79. The normalized spacial score (nSPS) is 15.9. The van der Waals surface area contributed by atoms with Gasteiger partial charge in [-0.1, -0.05) is 0 Å². The number of benzene rings is 1. The number of halogens is 1. The van der Waals surface area contributed by atoms with E-state index < -0.39 is 0 Å². The van der Waals surface area contributed by atoms with Crippen LogP contribution >= 0.6 is 0 Å². The molecule has 1 aromatic carbocycles. The molecule has 2 saturated heterocycles. The van der Waals surface area contributed by atoms with Crippen LogP contribution in [0.15, 0.2) is 67.1 Å². The van der Waals surface area contributed by atoms with Gasteiger partial charge in [0.15, 0.2) is 0 Å². The zero-order valence-electron chi connectivity index (χ0n) is 25.1. The van der Waals surface area contributed by atoms with E-state index in [0.29, 0.717) is 23.7 Å². The smallest absolute Gasteiger partial charge is 0.138 e. The Kier molecular flexibility index (Phi) is 7.44. The molecule has 0 atom stereocenters. The predicted octanol–water partition coefficient (Wildman–Crippen LogP) is 6.44. The number of H-pyrrole nitrogens is 2. The summed E-state index contributed by atoms with van der Waals surface area (Å²) in [6.45, 7) is 6.77. The SMILES string of the molecule is Fc1cc(OCCN2CCCC2)cc(-c2ccnc3[nH]c(-c4n[nH]c5ccc(-c6cncc(CN7CCCC7)c6)nc45)cc23)c1. The van der Waals surface area contributed by atoms with Crippen LogP contribution in [0.2, 0.25) is 0 Å². The molecule has 2 aliphatic heterocycles. The van der Waals surface area contributed by atoms with Gasteiger partial charge in [-0.05, 0) is 111 Å². The summed E-state index contributed by atoms with van der Waals surface area (Å²) >= 11 is 0. The largest absolute Gasteiger partial charge is 0.492 e. The summed E-state index contributed by atoms with van der Waals surface area (Å²) < 4.78 is 20.8. The van der Waals surface area contributed by atoms with Gasteiger partial charge in [0.2, 0.25) is 0 Å². The zero-order valence-corrected chi connectivity index (χ0v) is 25.1. The van der Waals surface area contributed by atoms with Crippen LogP contribution in [0.3, 0.4) is 0 Å². The standard InChI is InChI=1S/C35H35FN8O/c36-26-16-24(17-27(18-26)45-14-13-43-9-1-2-10-43)28-7-8-38-35-29(28)19-32(40-35)34-33-31(41-42-34)6-5-30(39-33)25-15-23(20-37-21-25)22-44-11-3-4-12-44/h5-8,15-21H,1-4,9-14,22H2,(H,38,40)(H,41,42). The summed E-state index contributed by atoms with van der Waals surface area (Å²) in [7, 11) is 0.